The number of fused-ring (bicyclic) bond motifs is 5. The molecule has 1 aromatic rings. The lowest BCUT2D eigenvalue weighted by atomic mass is 9.97. The second kappa shape index (κ2) is 8.44. The average Bonchev–Trinajstić information content (AvgIpc) is 3.41. The molecule has 3 fully saturated rings. The van der Waals surface area contributed by atoms with Gasteiger partial charge < -0.3 is 14.6 Å². The van der Waals surface area contributed by atoms with Crippen LogP contribution in [0, 0.1) is 0 Å². The Balaban J connectivity index is 0.000000330. The summed E-state index contributed by atoms with van der Waals surface area (Å²) < 4.78 is 41.1. The maximum absolute atomic E-state index is 12.4. The molecule has 28 heavy (non-hydrogen) atoms. The Morgan fingerprint density at radius 2 is 1.79 bits per heavy atom. The number of carbonyl (C=O) groups is 1. The summed E-state index contributed by atoms with van der Waals surface area (Å²) >= 11 is 0. The van der Waals surface area contributed by atoms with Crippen LogP contribution in [0.3, 0.4) is 0 Å². The number of carbonyl (C=O) groups excluding carboxylic acids is 1. The number of hydrogen-bond acceptors (Lipinski definition) is 8. The molecule has 0 amide bonds. The van der Waals surface area contributed by atoms with Gasteiger partial charge >= 0.3 is 16.4 Å². The number of piperidine rings is 1. The first kappa shape index (κ1) is 21.2. The van der Waals surface area contributed by atoms with Crippen molar-refractivity contribution in [3.05, 3.63) is 35.9 Å². The van der Waals surface area contributed by atoms with Crippen LogP contribution >= 0.6 is 0 Å². The van der Waals surface area contributed by atoms with E-state index in [0.29, 0.717) is 24.3 Å². The molecular formula is C18H25NO8S. The van der Waals surface area contributed by atoms with E-state index in [4.69, 9.17) is 14.0 Å². The van der Waals surface area contributed by atoms with Crippen molar-refractivity contribution in [2.75, 3.05) is 20.8 Å². The van der Waals surface area contributed by atoms with Gasteiger partial charge in [-0.15, -0.1) is 0 Å². The van der Waals surface area contributed by atoms with Gasteiger partial charge in [-0.3, -0.25) is 18.4 Å². The Kier molecular flexibility index (Phi) is 6.37. The van der Waals surface area contributed by atoms with E-state index >= 15 is 0 Å². The van der Waals surface area contributed by atoms with Crippen molar-refractivity contribution < 1.29 is 36.5 Å². The van der Waals surface area contributed by atoms with Gasteiger partial charge in [0.1, 0.15) is 24.2 Å². The number of ether oxygens (including phenoxy) is 2. The first-order chi connectivity index (χ1) is 13.2. The molecule has 10 heteroatoms. The molecule has 156 valence electrons. The number of aliphatic hydroxyl groups is 1. The number of aliphatic hydroxyl groups excluding tert-OH is 1. The Morgan fingerprint density at radius 3 is 2.25 bits per heavy atom. The fraction of sp³-hybridized carbons (Fsp3) is 0.611. The number of epoxide rings is 1. The molecule has 3 heterocycles. The summed E-state index contributed by atoms with van der Waals surface area (Å²) in [4.78, 5) is 14.8. The van der Waals surface area contributed by atoms with Crippen LogP contribution in [0.25, 0.3) is 0 Å². The highest BCUT2D eigenvalue weighted by atomic mass is 32.3. The topological polar surface area (TPSA) is 126 Å². The van der Waals surface area contributed by atoms with Crippen LogP contribution in [0.4, 0.5) is 0 Å². The fourth-order valence-electron chi connectivity index (χ4n) is 4.04. The minimum Gasteiger partial charge on any atom is -0.462 e. The predicted molar refractivity (Wildman–Crippen MR) is 97.9 cm³/mol. The van der Waals surface area contributed by atoms with Crippen molar-refractivity contribution in [3.63, 3.8) is 0 Å². The second-order valence-electron chi connectivity index (χ2n) is 7.14. The molecule has 0 aliphatic carbocycles. The van der Waals surface area contributed by atoms with E-state index in [-0.39, 0.29) is 18.7 Å². The molecule has 3 aliphatic rings. The van der Waals surface area contributed by atoms with Gasteiger partial charge in [-0.2, -0.15) is 8.42 Å². The number of esters is 1. The third kappa shape index (κ3) is 4.70. The van der Waals surface area contributed by atoms with Crippen LogP contribution in [-0.2, 0) is 28.9 Å². The predicted octanol–water partition coefficient (Wildman–Crippen LogP) is 0.354. The zero-order valence-corrected chi connectivity index (χ0v) is 16.5. The molecule has 0 aromatic heterocycles. The van der Waals surface area contributed by atoms with E-state index in [1.807, 2.05) is 30.3 Å². The van der Waals surface area contributed by atoms with Crippen molar-refractivity contribution >= 4 is 16.4 Å². The number of likely N-dealkylation sites (N-methyl/N-ethyl adjacent to an activating group) is 1. The maximum atomic E-state index is 12.4. The third-order valence-corrected chi connectivity index (χ3v) is 5.96. The smallest absolute Gasteiger partial charge is 0.397 e. The van der Waals surface area contributed by atoms with Gasteiger partial charge in [0, 0.05) is 24.9 Å². The lowest BCUT2D eigenvalue weighted by molar-refractivity contribution is -0.156. The Bertz CT molecular complexity index is 768. The lowest BCUT2D eigenvalue weighted by Gasteiger charge is -2.38. The fourth-order valence-corrected chi connectivity index (χ4v) is 4.04. The number of benzene rings is 1. The van der Waals surface area contributed by atoms with Crippen LogP contribution in [0.2, 0.25) is 0 Å². The minimum atomic E-state index is -4.16. The number of morpholine rings is 1. The molecular weight excluding hydrogens is 390 g/mol. The molecule has 0 saturated carbocycles. The molecule has 9 nitrogen and oxygen atoms in total. The summed E-state index contributed by atoms with van der Waals surface area (Å²) in [6.45, 7) is -0.226. The number of hydrogen-bond donors (Lipinski definition) is 2. The molecule has 3 saturated heterocycles. The highest BCUT2D eigenvalue weighted by Crippen LogP contribution is 2.48. The van der Waals surface area contributed by atoms with Crippen molar-refractivity contribution in [1.29, 1.82) is 0 Å². The monoisotopic (exact) mass is 415 g/mol. The quantitative estimate of drug-likeness (QED) is 0.398. The molecule has 1 unspecified atom stereocenters. The molecule has 1 aromatic carbocycles. The van der Waals surface area contributed by atoms with E-state index < -0.39 is 16.3 Å². The maximum Gasteiger partial charge on any atom is 0.397 e. The van der Waals surface area contributed by atoms with Crippen molar-refractivity contribution in [2.45, 2.75) is 49.2 Å². The lowest BCUT2D eigenvalue weighted by Crippen LogP contribution is -2.48. The number of rotatable bonds is 5. The largest absolute Gasteiger partial charge is 0.462 e. The van der Waals surface area contributed by atoms with Crippen LogP contribution in [0.5, 0.6) is 0 Å². The van der Waals surface area contributed by atoms with Crippen molar-refractivity contribution in [2.24, 2.45) is 0 Å². The van der Waals surface area contributed by atoms with E-state index in [9.17, 15) is 18.3 Å². The molecule has 0 spiro atoms. The average molecular weight is 415 g/mol. The van der Waals surface area contributed by atoms with Crippen LogP contribution < -0.4 is 0 Å². The zero-order valence-electron chi connectivity index (χ0n) is 15.7. The SMILES string of the molecule is CN1[C@@H]2CC(OC(=O)[C@H](CO)c3ccccc3)C[C@H]1[C@@H]1O[C@@H]12.COS(=O)(=O)O. The van der Waals surface area contributed by atoms with Gasteiger partial charge in [0.25, 0.3) is 0 Å². The van der Waals surface area contributed by atoms with Gasteiger partial charge in [0.05, 0.1) is 13.7 Å². The normalized spacial score (nSPS) is 31.9. The second-order valence-corrected chi connectivity index (χ2v) is 8.32. The highest BCUT2D eigenvalue weighted by Gasteiger charge is 2.62. The van der Waals surface area contributed by atoms with Gasteiger partial charge in [-0.25, -0.2) is 0 Å². The van der Waals surface area contributed by atoms with Crippen LogP contribution in [-0.4, -0.2) is 80.1 Å². The van der Waals surface area contributed by atoms with Gasteiger partial charge in [-0.05, 0) is 12.6 Å². The van der Waals surface area contributed by atoms with Crippen molar-refractivity contribution in [1.82, 2.24) is 4.90 Å². The van der Waals surface area contributed by atoms with E-state index in [0.717, 1.165) is 25.5 Å². The van der Waals surface area contributed by atoms with Crippen LogP contribution in [0.15, 0.2) is 30.3 Å². The summed E-state index contributed by atoms with van der Waals surface area (Å²) in [6, 6.07) is 10.1. The molecule has 2 bridgehead atoms. The molecule has 2 N–H and O–H groups in total. The van der Waals surface area contributed by atoms with E-state index in [1.54, 1.807) is 0 Å². The molecule has 4 rings (SSSR count). The summed E-state index contributed by atoms with van der Waals surface area (Å²) in [5.41, 5.74) is 0.803. The highest BCUT2D eigenvalue weighted by molar-refractivity contribution is 7.80. The van der Waals surface area contributed by atoms with Gasteiger partial charge in [0.15, 0.2) is 0 Å². The first-order valence-corrected chi connectivity index (χ1v) is 10.4. The third-order valence-electron chi connectivity index (χ3n) is 5.54. The standard InChI is InChI=1S/C17H21NO4.CH4O4S/c1-18-13-7-11(8-14(18)16-15(13)22-16)21-17(20)12(9-19)10-5-3-2-4-6-10;1-5-6(2,3)4/h2-6,11-16,19H,7-9H2,1H3;1H3,(H,2,3,4)/t11?,12-,13-,14+,15-,16+;/m1./s1. The summed E-state index contributed by atoms with van der Waals surface area (Å²) in [6.07, 6.45) is 2.26. The van der Waals surface area contributed by atoms with Crippen molar-refractivity contribution in [3.8, 4) is 0 Å². The first-order valence-electron chi connectivity index (χ1n) is 9.02. The summed E-state index contributed by atoms with van der Waals surface area (Å²) in [7, 11) is -1.16. The molecule has 6 atom stereocenters. The molecule has 3 aliphatic heterocycles. The van der Waals surface area contributed by atoms with E-state index in [1.165, 1.54) is 0 Å². The molecule has 0 radical (unpaired) electrons. The zero-order chi connectivity index (χ0) is 20.5. The Morgan fingerprint density at radius 1 is 1.25 bits per heavy atom. The van der Waals surface area contributed by atoms with Gasteiger partial charge in [-0.1, -0.05) is 30.3 Å². The summed E-state index contributed by atoms with van der Waals surface area (Å²) in [5.74, 6) is -0.915. The minimum absolute atomic E-state index is 0.0622. The Labute approximate surface area is 164 Å². The summed E-state index contributed by atoms with van der Waals surface area (Å²) in [5, 5.41) is 9.56. The van der Waals surface area contributed by atoms with Gasteiger partial charge in [0.2, 0.25) is 0 Å². The Hall–Kier alpha value is -1.56. The van der Waals surface area contributed by atoms with Crippen LogP contribution in [0.1, 0.15) is 24.3 Å². The number of nitrogens with zero attached hydrogens (tertiary/aromatic N) is 1. The van der Waals surface area contributed by atoms with E-state index in [2.05, 4.69) is 16.1 Å².